The molecule has 1 N–H and O–H groups in total. The van der Waals surface area contributed by atoms with Crippen LogP contribution in [0.5, 0.6) is 0 Å². The van der Waals surface area contributed by atoms with Gasteiger partial charge >= 0.3 is 0 Å². The highest BCUT2D eigenvalue weighted by atomic mass is 16.3. The van der Waals surface area contributed by atoms with Gasteiger partial charge < -0.3 is 9.73 Å². The van der Waals surface area contributed by atoms with Crippen molar-refractivity contribution in [3.8, 4) is 33.4 Å². The molecule has 6 aromatic carbocycles. The molecule has 0 atom stereocenters. The summed E-state index contributed by atoms with van der Waals surface area (Å²) in [5.74, 6) is 0. The normalized spacial score (nSPS) is 11.3. The zero-order chi connectivity index (χ0) is 29.7. The van der Waals surface area contributed by atoms with Gasteiger partial charge in [-0.3, -0.25) is 0 Å². The Bertz CT molecular complexity index is 2100. The zero-order valence-corrected chi connectivity index (χ0v) is 23.3. The van der Waals surface area contributed by atoms with E-state index in [1.54, 1.807) is 0 Å². The van der Waals surface area contributed by atoms with Crippen molar-refractivity contribution in [3.05, 3.63) is 115 Å². The number of hydrogen-bond donors (Lipinski definition) is 1. The molecule has 0 bridgehead atoms. The fourth-order valence-electron chi connectivity index (χ4n) is 5.61. The summed E-state index contributed by atoms with van der Waals surface area (Å²) in [5.41, 5.74) is 10.8. The SMILES string of the molecule is [B]c1c([B])c([B])c(-c2ccc(-c3ccc(Nc4ccc(-c5cccc6c5oc5ccccc56)cc4)cc3)cc2)c([B])c1[B]. The number of anilines is 2. The van der Waals surface area contributed by atoms with Crippen LogP contribution >= 0.6 is 0 Å². The molecule has 0 amide bonds. The second kappa shape index (κ2) is 10.8. The number of benzene rings is 6. The van der Waals surface area contributed by atoms with Crippen LogP contribution < -0.4 is 32.6 Å². The van der Waals surface area contributed by atoms with Gasteiger partial charge in [-0.25, -0.2) is 0 Å². The first-order valence-corrected chi connectivity index (χ1v) is 13.9. The van der Waals surface area contributed by atoms with Crippen LogP contribution in [0.1, 0.15) is 0 Å². The molecule has 0 aliphatic heterocycles. The summed E-state index contributed by atoms with van der Waals surface area (Å²) in [4.78, 5) is 0. The van der Waals surface area contributed by atoms with Crippen molar-refractivity contribution in [2.45, 2.75) is 0 Å². The van der Waals surface area contributed by atoms with Crippen molar-refractivity contribution < 1.29 is 4.42 Å². The molecule has 1 aromatic heterocycles. The molecule has 1 heterocycles. The molecule has 7 heteroatoms. The third-order valence-electron chi connectivity index (χ3n) is 7.98. The van der Waals surface area contributed by atoms with Gasteiger partial charge in [-0.1, -0.05) is 95.9 Å². The Kier molecular flexibility index (Phi) is 6.82. The molecular weight excluding hydrogens is 516 g/mol. The Morgan fingerprint density at radius 3 is 1.53 bits per heavy atom. The topological polar surface area (TPSA) is 25.2 Å². The summed E-state index contributed by atoms with van der Waals surface area (Å²) >= 11 is 0. The summed E-state index contributed by atoms with van der Waals surface area (Å²) in [6.07, 6.45) is 0. The van der Waals surface area contributed by atoms with Gasteiger partial charge in [0.15, 0.2) is 0 Å². The third kappa shape index (κ3) is 4.79. The van der Waals surface area contributed by atoms with Crippen LogP contribution in [-0.2, 0) is 0 Å². The first-order valence-electron chi connectivity index (χ1n) is 13.9. The molecule has 0 aliphatic carbocycles. The average molecular weight is 537 g/mol. The molecule has 0 saturated heterocycles. The molecule has 0 fully saturated rings. The minimum absolute atomic E-state index is 0.209. The minimum Gasteiger partial charge on any atom is -0.455 e. The van der Waals surface area contributed by atoms with E-state index in [-0.39, 0.29) is 16.4 Å². The Labute approximate surface area is 257 Å². The Balaban J connectivity index is 1.09. The van der Waals surface area contributed by atoms with E-state index in [0.717, 1.165) is 61.1 Å². The minimum atomic E-state index is 0.209. The van der Waals surface area contributed by atoms with E-state index in [4.69, 9.17) is 43.6 Å². The van der Waals surface area contributed by atoms with Crippen LogP contribution in [0.4, 0.5) is 11.4 Å². The summed E-state index contributed by atoms with van der Waals surface area (Å²) in [5, 5.41) is 5.74. The highest BCUT2D eigenvalue weighted by Crippen LogP contribution is 2.36. The number of para-hydroxylation sites is 2. The van der Waals surface area contributed by atoms with Crippen molar-refractivity contribution >= 4 is 99.9 Å². The molecule has 7 rings (SSSR count). The second-order valence-corrected chi connectivity index (χ2v) is 10.6. The van der Waals surface area contributed by atoms with Gasteiger partial charge in [-0.2, -0.15) is 0 Å². The van der Waals surface area contributed by atoms with Gasteiger partial charge in [-0.15, -0.1) is 16.4 Å². The Morgan fingerprint density at radius 1 is 0.419 bits per heavy atom. The van der Waals surface area contributed by atoms with Gasteiger partial charge in [0.1, 0.15) is 50.4 Å². The first kappa shape index (κ1) is 27.1. The largest absolute Gasteiger partial charge is 0.455 e. The van der Waals surface area contributed by atoms with E-state index in [1.165, 1.54) is 0 Å². The first-order chi connectivity index (χ1) is 20.9. The second-order valence-electron chi connectivity index (χ2n) is 10.6. The van der Waals surface area contributed by atoms with Crippen LogP contribution in [0.25, 0.3) is 55.3 Å². The van der Waals surface area contributed by atoms with Crippen LogP contribution in [0.15, 0.2) is 120 Å². The van der Waals surface area contributed by atoms with Crippen molar-refractivity contribution in [2.75, 3.05) is 5.32 Å². The fourth-order valence-corrected chi connectivity index (χ4v) is 5.61. The Morgan fingerprint density at radius 2 is 0.907 bits per heavy atom. The van der Waals surface area contributed by atoms with Crippen molar-refractivity contribution in [3.63, 3.8) is 0 Å². The van der Waals surface area contributed by atoms with Crippen molar-refractivity contribution in [2.24, 2.45) is 0 Å². The molecule has 7 aromatic rings. The summed E-state index contributed by atoms with van der Waals surface area (Å²) in [6.45, 7) is 0. The van der Waals surface area contributed by atoms with E-state index in [9.17, 15) is 0 Å². The lowest BCUT2D eigenvalue weighted by Gasteiger charge is -2.21. The fraction of sp³-hybridized carbons (Fsp3) is 0. The van der Waals surface area contributed by atoms with E-state index in [2.05, 4.69) is 78.1 Å². The monoisotopic (exact) mass is 537 g/mol. The van der Waals surface area contributed by atoms with Crippen LogP contribution in [0.3, 0.4) is 0 Å². The predicted octanol–water partition coefficient (Wildman–Crippen LogP) is 4.30. The number of rotatable bonds is 5. The summed E-state index contributed by atoms with van der Waals surface area (Å²) < 4.78 is 6.22. The summed E-state index contributed by atoms with van der Waals surface area (Å²) in [7, 11) is 30.5. The maximum Gasteiger partial charge on any atom is 0.143 e. The van der Waals surface area contributed by atoms with E-state index in [1.807, 2.05) is 42.5 Å². The van der Waals surface area contributed by atoms with Gasteiger partial charge in [0.25, 0.3) is 0 Å². The molecule has 190 valence electrons. The maximum atomic E-state index is 6.24. The molecule has 0 spiro atoms. The lowest BCUT2D eigenvalue weighted by molar-refractivity contribution is 0.670. The molecular formula is C36H20B5NO. The molecule has 0 unspecified atom stereocenters. The van der Waals surface area contributed by atoms with Crippen molar-refractivity contribution in [1.29, 1.82) is 0 Å². The van der Waals surface area contributed by atoms with Crippen LogP contribution in [0.2, 0.25) is 0 Å². The Hall–Kier alpha value is -4.76. The summed E-state index contributed by atoms with van der Waals surface area (Å²) in [6, 6.07) is 39.0. The predicted molar refractivity (Wildman–Crippen MR) is 187 cm³/mol. The van der Waals surface area contributed by atoms with Gasteiger partial charge in [0, 0.05) is 27.7 Å². The molecule has 10 radical (unpaired) electrons. The van der Waals surface area contributed by atoms with Gasteiger partial charge in [-0.05, 0) is 58.1 Å². The number of fused-ring (bicyclic) bond motifs is 3. The lowest BCUT2D eigenvalue weighted by atomic mass is 9.59. The molecule has 0 aliphatic rings. The van der Waals surface area contributed by atoms with E-state index < -0.39 is 0 Å². The quantitative estimate of drug-likeness (QED) is 0.332. The van der Waals surface area contributed by atoms with Gasteiger partial charge in [0.2, 0.25) is 0 Å². The lowest BCUT2D eigenvalue weighted by Crippen LogP contribution is -2.55. The average Bonchev–Trinajstić information content (AvgIpc) is 3.43. The maximum absolute atomic E-state index is 6.24. The number of furan rings is 1. The molecule has 43 heavy (non-hydrogen) atoms. The highest BCUT2D eigenvalue weighted by Gasteiger charge is 2.13. The number of nitrogens with one attached hydrogen (secondary N) is 1. The zero-order valence-electron chi connectivity index (χ0n) is 23.3. The van der Waals surface area contributed by atoms with Crippen LogP contribution in [-0.4, -0.2) is 39.2 Å². The number of hydrogen-bond acceptors (Lipinski definition) is 2. The van der Waals surface area contributed by atoms with E-state index in [0.29, 0.717) is 16.5 Å². The smallest absolute Gasteiger partial charge is 0.143 e. The molecule has 2 nitrogen and oxygen atoms in total. The van der Waals surface area contributed by atoms with Crippen LogP contribution in [0, 0.1) is 0 Å². The third-order valence-corrected chi connectivity index (χ3v) is 7.98. The standard InChI is InChI=1S/C36H20B5NO/c37-31-30(32(38)34(40)35(41)33(31)39)23-10-8-20(9-11-23)21-12-16-24(17-13-21)42-25-18-14-22(15-19-25)26-5-3-6-28-27-4-1-2-7-29(27)43-36(26)28/h1-19,42H. The van der Waals surface area contributed by atoms with Gasteiger partial charge in [0.05, 0.1) is 0 Å². The molecule has 0 saturated carbocycles. The van der Waals surface area contributed by atoms with Crippen molar-refractivity contribution in [1.82, 2.24) is 0 Å². The highest BCUT2D eigenvalue weighted by molar-refractivity contribution is 6.68. The van der Waals surface area contributed by atoms with E-state index >= 15 is 0 Å².